The number of rotatable bonds is 5. The van der Waals surface area contributed by atoms with Gasteiger partial charge in [0.25, 0.3) is 5.91 Å². The number of carbonyl (C=O) groups is 1. The van der Waals surface area contributed by atoms with E-state index in [2.05, 4.69) is 33.4 Å². The van der Waals surface area contributed by atoms with Crippen LogP contribution in [0.25, 0.3) is 10.4 Å². The van der Waals surface area contributed by atoms with Crippen LogP contribution in [0.2, 0.25) is 0 Å². The molecule has 1 N–H and O–H groups in total. The molecule has 3 rings (SSSR count). The summed E-state index contributed by atoms with van der Waals surface area (Å²) in [5.74, 6) is 0.00589. The summed E-state index contributed by atoms with van der Waals surface area (Å²) in [6, 6.07) is 12.0. The number of hydrogen-bond donors (Lipinski definition) is 1. The predicted molar refractivity (Wildman–Crippen MR) is 93.4 cm³/mol. The first kappa shape index (κ1) is 15.7. The Morgan fingerprint density at radius 2 is 2.09 bits per heavy atom. The lowest BCUT2D eigenvalue weighted by molar-refractivity contribution is 0.0910. The van der Waals surface area contributed by atoms with Crippen molar-refractivity contribution in [3.05, 3.63) is 45.7 Å². The second-order valence-electron chi connectivity index (χ2n) is 5.35. The summed E-state index contributed by atoms with van der Waals surface area (Å²) < 4.78 is 6.61. The van der Waals surface area contributed by atoms with E-state index in [0.717, 1.165) is 45.7 Å². The van der Waals surface area contributed by atoms with Crippen LogP contribution in [0.15, 0.2) is 40.9 Å². The highest BCUT2D eigenvalue weighted by atomic mass is 79.9. The highest BCUT2D eigenvalue weighted by molar-refractivity contribution is 9.10. The number of nitrogens with one attached hydrogen (secondary N) is 1. The zero-order valence-corrected chi connectivity index (χ0v) is 14.6. The summed E-state index contributed by atoms with van der Waals surface area (Å²) in [7, 11) is 0. The Kier molecular flexibility index (Phi) is 5.28. The summed E-state index contributed by atoms with van der Waals surface area (Å²) in [5.41, 5.74) is 1.13. The third-order valence-corrected chi connectivity index (χ3v) is 5.40. The van der Waals surface area contributed by atoms with Crippen molar-refractivity contribution in [2.75, 3.05) is 13.2 Å². The van der Waals surface area contributed by atoms with E-state index in [1.807, 2.05) is 24.3 Å². The Labute approximate surface area is 142 Å². The highest BCUT2D eigenvalue weighted by Crippen LogP contribution is 2.29. The quantitative estimate of drug-likeness (QED) is 0.831. The fraction of sp³-hybridized carbons (Fsp3) is 0.353. The molecule has 1 aliphatic heterocycles. The lowest BCUT2D eigenvalue weighted by Crippen LogP contribution is -2.26. The molecule has 0 radical (unpaired) electrons. The summed E-state index contributed by atoms with van der Waals surface area (Å²) in [5, 5.41) is 2.98. The van der Waals surface area contributed by atoms with Gasteiger partial charge in [-0.05, 0) is 49.1 Å². The van der Waals surface area contributed by atoms with Crippen molar-refractivity contribution in [3.8, 4) is 10.4 Å². The van der Waals surface area contributed by atoms with Crippen molar-refractivity contribution in [2.45, 2.75) is 25.4 Å². The Morgan fingerprint density at radius 3 is 2.82 bits per heavy atom. The summed E-state index contributed by atoms with van der Waals surface area (Å²) in [6.07, 6.45) is 3.47. The molecule has 0 saturated carbocycles. The van der Waals surface area contributed by atoms with Crippen LogP contribution in [0.1, 0.15) is 28.9 Å². The minimum absolute atomic E-state index is 0.00589. The molecule has 0 bridgehead atoms. The van der Waals surface area contributed by atoms with E-state index in [1.165, 1.54) is 11.3 Å². The third-order valence-electron chi connectivity index (χ3n) is 3.73. The first-order valence-corrected chi connectivity index (χ1v) is 9.09. The number of carbonyl (C=O) groups excluding carboxylic acids is 1. The minimum atomic E-state index is 0.00589. The molecule has 22 heavy (non-hydrogen) atoms. The smallest absolute Gasteiger partial charge is 0.261 e. The average molecular weight is 380 g/mol. The van der Waals surface area contributed by atoms with Gasteiger partial charge in [0.2, 0.25) is 0 Å². The molecule has 0 spiro atoms. The molecule has 1 saturated heterocycles. The Hall–Kier alpha value is -1.17. The predicted octanol–water partition coefficient (Wildman–Crippen LogP) is 4.48. The Bertz CT molecular complexity index is 632. The monoisotopic (exact) mass is 379 g/mol. The molecule has 2 aromatic rings. The first-order chi connectivity index (χ1) is 10.7. The molecular weight excluding hydrogens is 362 g/mol. The van der Waals surface area contributed by atoms with E-state index in [-0.39, 0.29) is 5.91 Å². The maximum Gasteiger partial charge on any atom is 0.261 e. The van der Waals surface area contributed by atoms with Crippen molar-refractivity contribution in [3.63, 3.8) is 0 Å². The maximum atomic E-state index is 12.2. The molecule has 1 atom stereocenters. The SMILES string of the molecule is O=C(NCCC1CCCO1)c1ccc(-c2ccc(Br)cc2)s1. The summed E-state index contributed by atoms with van der Waals surface area (Å²) in [4.78, 5) is 14.0. The van der Waals surface area contributed by atoms with Crippen LogP contribution in [-0.4, -0.2) is 25.2 Å². The molecule has 116 valence electrons. The molecular formula is C17H18BrNO2S. The summed E-state index contributed by atoms with van der Waals surface area (Å²) >= 11 is 4.96. The van der Waals surface area contributed by atoms with Crippen LogP contribution in [0.5, 0.6) is 0 Å². The van der Waals surface area contributed by atoms with Crippen LogP contribution in [0.4, 0.5) is 0 Å². The molecule has 1 unspecified atom stereocenters. The number of hydrogen-bond acceptors (Lipinski definition) is 3. The van der Waals surface area contributed by atoms with E-state index >= 15 is 0 Å². The lowest BCUT2D eigenvalue weighted by Gasteiger charge is -2.09. The molecule has 5 heteroatoms. The molecule has 2 heterocycles. The van der Waals surface area contributed by atoms with Gasteiger partial charge in [0.05, 0.1) is 11.0 Å². The molecule has 1 aromatic carbocycles. The van der Waals surface area contributed by atoms with Gasteiger partial charge < -0.3 is 10.1 Å². The van der Waals surface area contributed by atoms with Gasteiger partial charge in [0, 0.05) is 22.5 Å². The van der Waals surface area contributed by atoms with Crippen LogP contribution in [0.3, 0.4) is 0 Å². The van der Waals surface area contributed by atoms with Gasteiger partial charge in [-0.3, -0.25) is 4.79 Å². The maximum absolute atomic E-state index is 12.2. The van der Waals surface area contributed by atoms with E-state index in [9.17, 15) is 4.79 Å². The Morgan fingerprint density at radius 1 is 1.27 bits per heavy atom. The van der Waals surface area contributed by atoms with Gasteiger partial charge in [0.15, 0.2) is 0 Å². The Balaban J connectivity index is 1.55. The van der Waals surface area contributed by atoms with E-state index in [0.29, 0.717) is 12.6 Å². The second kappa shape index (κ2) is 7.40. The van der Waals surface area contributed by atoms with Gasteiger partial charge in [-0.1, -0.05) is 28.1 Å². The van der Waals surface area contributed by atoms with Crippen molar-refractivity contribution >= 4 is 33.2 Å². The number of halogens is 1. The topological polar surface area (TPSA) is 38.3 Å². The minimum Gasteiger partial charge on any atom is -0.378 e. The van der Waals surface area contributed by atoms with Gasteiger partial charge in [-0.15, -0.1) is 11.3 Å². The zero-order chi connectivity index (χ0) is 15.4. The van der Waals surface area contributed by atoms with Crippen molar-refractivity contribution < 1.29 is 9.53 Å². The average Bonchev–Trinajstić information content (AvgIpc) is 3.19. The van der Waals surface area contributed by atoms with E-state index in [1.54, 1.807) is 0 Å². The van der Waals surface area contributed by atoms with Gasteiger partial charge >= 0.3 is 0 Å². The molecule has 1 fully saturated rings. The largest absolute Gasteiger partial charge is 0.378 e. The van der Waals surface area contributed by atoms with E-state index in [4.69, 9.17) is 4.74 Å². The highest BCUT2D eigenvalue weighted by Gasteiger charge is 2.16. The number of ether oxygens (including phenoxy) is 1. The molecule has 1 aromatic heterocycles. The van der Waals surface area contributed by atoms with Crippen LogP contribution in [0, 0.1) is 0 Å². The first-order valence-electron chi connectivity index (χ1n) is 7.48. The van der Waals surface area contributed by atoms with Crippen LogP contribution < -0.4 is 5.32 Å². The molecule has 1 aliphatic rings. The zero-order valence-electron chi connectivity index (χ0n) is 12.2. The van der Waals surface area contributed by atoms with E-state index < -0.39 is 0 Å². The number of thiophene rings is 1. The van der Waals surface area contributed by atoms with Gasteiger partial charge in [-0.2, -0.15) is 0 Å². The number of benzene rings is 1. The summed E-state index contributed by atoms with van der Waals surface area (Å²) in [6.45, 7) is 1.54. The normalized spacial score (nSPS) is 17.6. The fourth-order valence-corrected chi connectivity index (χ4v) is 3.73. The third kappa shape index (κ3) is 3.97. The number of amides is 1. The van der Waals surface area contributed by atoms with Crippen molar-refractivity contribution in [2.24, 2.45) is 0 Å². The molecule has 1 amide bonds. The van der Waals surface area contributed by atoms with Crippen molar-refractivity contribution in [1.82, 2.24) is 5.32 Å². The molecule has 3 nitrogen and oxygen atoms in total. The van der Waals surface area contributed by atoms with Gasteiger partial charge in [-0.25, -0.2) is 0 Å². The second-order valence-corrected chi connectivity index (χ2v) is 7.35. The van der Waals surface area contributed by atoms with Crippen molar-refractivity contribution in [1.29, 1.82) is 0 Å². The van der Waals surface area contributed by atoms with Crippen LogP contribution in [-0.2, 0) is 4.74 Å². The lowest BCUT2D eigenvalue weighted by atomic mass is 10.2. The molecule has 0 aliphatic carbocycles. The fourth-order valence-electron chi connectivity index (χ4n) is 2.54. The van der Waals surface area contributed by atoms with Crippen LogP contribution >= 0.6 is 27.3 Å². The standard InChI is InChI=1S/C17H18BrNO2S/c18-13-5-3-12(4-6-13)15-7-8-16(22-15)17(20)19-10-9-14-2-1-11-21-14/h3-8,14H,1-2,9-11H2,(H,19,20). The van der Waals surface area contributed by atoms with Gasteiger partial charge in [0.1, 0.15) is 0 Å².